The summed E-state index contributed by atoms with van der Waals surface area (Å²) in [6.45, 7) is 0.138. The number of rotatable bonds is 5. The molecular weight excluding hydrogens is 389 g/mol. The van der Waals surface area contributed by atoms with Crippen molar-refractivity contribution in [2.24, 2.45) is 0 Å². The molecule has 0 aliphatic heterocycles. The average Bonchev–Trinajstić information content (AvgIpc) is 2.81. The Labute approximate surface area is 180 Å². The van der Waals surface area contributed by atoms with E-state index in [1.807, 2.05) is 54.7 Å². The molecule has 2 N–H and O–H groups in total. The zero-order valence-electron chi connectivity index (χ0n) is 16.9. The van der Waals surface area contributed by atoms with Gasteiger partial charge in [-0.1, -0.05) is 48.5 Å². The normalized spacial score (nSPS) is 14.6. The first kappa shape index (κ1) is 19.4. The third kappa shape index (κ3) is 3.92. The third-order valence-corrected chi connectivity index (χ3v) is 5.76. The summed E-state index contributed by atoms with van der Waals surface area (Å²) >= 11 is 0. The van der Waals surface area contributed by atoms with E-state index in [4.69, 9.17) is 10.1 Å². The lowest BCUT2D eigenvalue weighted by Crippen LogP contribution is -2.15. The van der Waals surface area contributed by atoms with E-state index >= 15 is 0 Å². The molecule has 31 heavy (non-hydrogen) atoms. The van der Waals surface area contributed by atoms with Crippen LogP contribution >= 0.6 is 0 Å². The number of fused-ring (bicyclic) bond motifs is 3. The van der Waals surface area contributed by atoms with Crippen molar-refractivity contribution in [1.29, 1.82) is 0 Å². The van der Waals surface area contributed by atoms with Gasteiger partial charge < -0.3 is 10.4 Å². The van der Waals surface area contributed by atoms with Crippen molar-refractivity contribution >= 4 is 11.6 Å². The van der Waals surface area contributed by atoms with Crippen LogP contribution in [0.2, 0.25) is 0 Å². The van der Waals surface area contributed by atoms with Gasteiger partial charge in [0, 0.05) is 30.0 Å². The Bertz CT molecular complexity index is 1210. The van der Waals surface area contributed by atoms with Crippen LogP contribution in [-0.2, 0) is 12.8 Å². The Balaban J connectivity index is 1.47. The van der Waals surface area contributed by atoms with Crippen molar-refractivity contribution in [3.8, 4) is 11.3 Å². The molecule has 1 aromatic heterocycles. The minimum absolute atomic E-state index is 0.138. The van der Waals surface area contributed by atoms with Gasteiger partial charge in [0.1, 0.15) is 5.82 Å². The van der Waals surface area contributed by atoms with Gasteiger partial charge in [-0.05, 0) is 59.4 Å². The van der Waals surface area contributed by atoms with Crippen LogP contribution in [0.3, 0.4) is 0 Å². The second-order valence-corrected chi connectivity index (χ2v) is 7.76. The van der Waals surface area contributed by atoms with Gasteiger partial charge in [0.25, 0.3) is 0 Å². The SMILES string of the molecule is OCCc1ccc(Nc2ncc3c(n2)-c2ccccc2[C@H](c2ccc(F)cc2)C3)cc1. The van der Waals surface area contributed by atoms with Crippen molar-refractivity contribution < 1.29 is 9.50 Å². The molecule has 0 spiro atoms. The number of aliphatic hydroxyl groups excluding tert-OH is 1. The van der Waals surface area contributed by atoms with Gasteiger partial charge in [-0.15, -0.1) is 0 Å². The number of nitrogens with one attached hydrogen (secondary N) is 1. The molecule has 0 saturated heterocycles. The highest BCUT2D eigenvalue weighted by atomic mass is 19.1. The number of hydrogen-bond donors (Lipinski definition) is 2. The topological polar surface area (TPSA) is 58.0 Å². The smallest absolute Gasteiger partial charge is 0.227 e. The number of hydrogen-bond acceptors (Lipinski definition) is 4. The molecule has 0 radical (unpaired) electrons. The third-order valence-electron chi connectivity index (χ3n) is 5.76. The van der Waals surface area contributed by atoms with Crippen LogP contribution in [0.25, 0.3) is 11.3 Å². The van der Waals surface area contributed by atoms with Gasteiger partial charge in [0.15, 0.2) is 0 Å². The first-order valence-corrected chi connectivity index (χ1v) is 10.4. The molecular formula is C26H22FN3O. The van der Waals surface area contributed by atoms with Crippen LogP contribution in [0, 0.1) is 5.82 Å². The van der Waals surface area contributed by atoms with Gasteiger partial charge in [-0.2, -0.15) is 0 Å². The van der Waals surface area contributed by atoms with Crippen LogP contribution < -0.4 is 5.32 Å². The molecule has 1 atom stereocenters. The van der Waals surface area contributed by atoms with E-state index in [0.29, 0.717) is 12.4 Å². The van der Waals surface area contributed by atoms with E-state index in [1.54, 1.807) is 0 Å². The summed E-state index contributed by atoms with van der Waals surface area (Å²) in [6.07, 6.45) is 3.30. The molecule has 0 unspecified atom stereocenters. The molecule has 1 aliphatic carbocycles. The summed E-state index contributed by atoms with van der Waals surface area (Å²) in [7, 11) is 0. The standard InChI is InChI=1S/C26H22FN3O/c27-20-9-7-18(8-10-20)24-15-19-16-28-26(29-21-11-5-17(6-12-21)13-14-31)30-25(19)23-4-2-1-3-22(23)24/h1-12,16,24,31H,13-15H2,(H,28,29,30)/t24-/m0/s1. The zero-order chi connectivity index (χ0) is 21.2. The van der Waals surface area contributed by atoms with Crippen molar-refractivity contribution in [3.05, 3.63) is 107 Å². The summed E-state index contributed by atoms with van der Waals surface area (Å²) in [4.78, 5) is 9.37. The van der Waals surface area contributed by atoms with E-state index in [-0.39, 0.29) is 18.3 Å². The monoisotopic (exact) mass is 411 g/mol. The van der Waals surface area contributed by atoms with Gasteiger partial charge in [0.2, 0.25) is 5.95 Å². The number of nitrogens with zero attached hydrogens (tertiary/aromatic N) is 2. The fraction of sp³-hybridized carbons (Fsp3) is 0.154. The summed E-state index contributed by atoms with van der Waals surface area (Å²) in [5, 5.41) is 12.3. The molecule has 5 rings (SSSR count). The lowest BCUT2D eigenvalue weighted by molar-refractivity contribution is 0.299. The van der Waals surface area contributed by atoms with Crippen LogP contribution in [0.15, 0.2) is 79.0 Å². The van der Waals surface area contributed by atoms with Crippen molar-refractivity contribution in [1.82, 2.24) is 9.97 Å². The zero-order valence-corrected chi connectivity index (χ0v) is 16.9. The molecule has 3 aromatic carbocycles. The van der Waals surface area contributed by atoms with Crippen molar-refractivity contribution in [2.45, 2.75) is 18.8 Å². The molecule has 1 heterocycles. The first-order chi connectivity index (χ1) is 15.2. The van der Waals surface area contributed by atoms with Gasteiger partial charge in [-0.25, -0.2) is 14.4 Å². The predicted octanol–water partition coefficient (Wildman–Crippen LogP) is 5.25. The van der Waals surface area contributed by atoms with Crippen LogP contribution in [0.5, 0.6) is 0 Å². The summed E-state index contributed by atoms with van der Waals surface area (Å²) in [5.41, 5.74) is 7.36. The molecule has 4 aromatic rings. The highest BCUT2D eigenvalue weighted by Gasteiger charge is 2.27. The van der Waals surface area contributed by atoms with Crippen LogP contribution in [0.1, 0.15) is 28.2 Å². The molecule has 0 fully saturated rings. The lowest BCUT2D eigenvalue weighted by Gasteiger charge is -2.27. The minimum Gasteiger partial charge on any atom is -0.396 e. The maximum absolute atomic E-state index is 13.4. The van der Waals surface area contributed by atoms with E-state index in [0.717, 1.165) is 40.1 Å². The molecule has 0 saturated carbocycles. The predicted molar refractivity (Wildman–Crippen MR) is 120 cm³/mol. The summed E-state index contributed by atoms with van der Waals surface area (Å²) in [6, 6.07) is 22.9. The minimum atomic E-state index is -0.225. The summed E-state index contributed by atoms with van der Waals surface area (Å²) in [5.74, 6) is 0.464. The molecule has 0 amide bonds. The first-order valence-electron chi connectivity index (χ1n) is 10.4. The second-order valence-electron chi connectivity index (χ2n) is 7.76. The van der Waals surface area contributed by atoms with E-state index < -0.39 is 0 Å². The Kier molecular flexibility index (Phi) is 5.18. The summed E-state index contributed by atoms with van der Waals surface area (Å²) < 4.78 is 13.4. The van der Waals surface area contributed by atoms with E-state index in [9.17, 15) is 4.39 Å². The van der Waals surface area contributed by atoms with Crippen LogP contribution in [-0.4, -0.2) is 21.7 Å². The van der Waals surface area contributed by atoms with Crippen molar-refractivity contribution in [2.75, 3.05) is 11.9 Å². The Morgan fingerprint density at radius 1 is 0.968 bits per heavy atom. The fourth-order valence-corrected chi connectivity index (χ4v) is 4.20. The number of halogens is 1. The Morgan fingerprint density at radius 3 is 2.52 bits per heavy atom. The molecule has 1 aliphatic rings. The van der Waals surface area contributed by atoms with Gasteiger partial charge in [0.05, 0.1) is 5.69 Å². The quantitative estimate of drug-likeness (QED) is 0.471. The Morgan fingerprint density at radius 2 is 1.74 bits per heavy atom. The fourth-order valence-electron chi connectivity index (χ4n) is 4.20. The molecule has 154 valence electrons. The number of aliphatic hydroxyl groups is 1. The molecule has 0 bridgehead atoms. The number of benzene rings is 3. The van der Waals surface area contributed by atoms with Crippen LogP contribution in [0.4, 0.5) is 16.0 Å². The average molecular weight is 411 g/mol. The van der Waals surface area contributed by atoms with E-state index in [2.05, 4.69) is 22.4 Å². The highest BCUT2D eigenvalue weighted by Crippen LogP contribution is 2.41. The maximum Gasteiger partial charge on any atom is 0.227 e. The largest absolute Gasteiger partial charge is 0.396 e. The van der Waals surface area contributed by atoms with E-state index in [1.165, 1.54) is 17.7 Å². The molecule has 4 nitrogen and oxygen atoms in total. The maximum atomic E-state index is 13.4. The number of anilines is 2. The lowest BCUT2D eigenvalue weighted by atomic mass is 9.78. The second kappa shape index (κ2) is 8.28. The molecule has 5 heteroatoms. The van der Waals surface area contributed by atoms with Gasteiger partial charge >= 0.3 is 0 Å². The highest BCUT2D eigenvalue weighted by molar-refractivity contribution is 5.73. The Hall–Kier alpha value is -3.57. The van der Waals surface area contributed by atoms with Crippen molar-refractivity contribution in [3.63, 3.8) is 0 Å². The van der Waals surface area contributed by atoms with Gasteiger partial charge in [-0.3, -0.25) is 0 Å². The number of aromatic nitrogens is 2.